The summed E-state index contributed by atoms with van der Waals surface area (Å²) >= 11 is 1.33. The van der Waals surface area contributed by atoms with E-state index in [1.165, 1.54) is 17.5 Å². The van der Waals surface area contributed by atoms with Gasteiger partial charge in [0.1, 0.15) is 0 Å². The predicted octanol–water partition coefficient (Wildman–Crippen LogP) is 2.61. The molecule has 0 aliphatic heterocycles. The van der Waals surface area contributed by atoms with Crippen molar-refractivity contribution in [2.75, 3.05) is 0 Å². The lowest BCUT2D eigenvalue weighted by atomic mass is 10.1. The molecule has 0 saturated carbocycles. The Kier molecular flexibility index (Phi) is 3.62. The average Bonchev–Trinajstić information content (AvgIpc) is 2.69. The Bertz CT molecular complexity index is 590. The van der Waals surface area contributed by atoms with Crippen molar-refractivity contribution < 1.29 is 9.59 Å². The van der Waals surface area contributed by atoms with E-state index in [9.17, 15) is 9.59 Å². The number of carbonyl (C=O) groups excluding carboxylic acids is 2. The van der Waals surface area contributed by atoms with E-state index < -0.39 is 0 Å². The molecule has 0 spiro atoms. The minimum Gasteiger partial charge on any atom is -0.294 e. The molecule has 0 unspecified atom stereocenters. The zero-order valence-electron chi connectivity index (χ0n) is 10.1. The molecule has 0 bridgehead atoms. The molecule has 4 nitrogen and oxygen atoms in total. The molecule has 0 aliphatic carbocycles. The van der Waals surface area contributed by atoms with Crippen LogP contribution in [-0.4, -0.2) is 21.5 Å². The van der Waals surface area contributed by atoms with Crippen molar-refractivity contribution in [3.05, 3.63) is 45.7 Å². The van der Waals surface area contributed by atoms with Crippen LogP contribution >= 0.6 is 11.3 Å². The first kappa shape index (κ1) is 12.6. The fourth-order valence-corrected chi connectivity index (χ4v) is 2.50. The average molecular weight is 260 g/mol. The van der Waals surface area contributed by atoms with Gasteiger partial charge in [-0.25, -0.2) is 4.98 Å². The summed E-state index contributed by atoms with van der Waals surface area (Å²) in [6.45, 7) is 3.63. The highest BCUT2D eigenvalue weighted by Crippen LogP contribution is 2.19. The number of carbonyl (C=O) groups is 2. The van der Waals surface area contributed by atoms with Crippen LogP contribution in [0.15, 0.2) is 24.5 Å². The Hall–Kier alpha value is -1.88. The summed E-state index contributed by atoms with van der Waals surface area (Å²) in [4.78, 5) is 32.5. The van der Waals surface area contributed by atoms with Crippen LogP contribution in [0.2, 0.25) is 0 Å². The van der Waals surface area contributed by atoms with Crippen molar-refractivity contribution in [3.8, 4) is 0 Å². The van der Waals surface area contributed by atoms with Gasteiger partial charge in [0.05, 0.1) is 22.0 Å². The first-order valence-electron chi connectivity index (χ1n) is 5.48. The number of nitrogens with zero attached hydrogens (tertiary/aromatic N) is 2. The van der Waals surface area contributed by atoms with E-state index in [1.54, 1.807) is 25.3 Å². The maximum atomic E-state index is 12.0. The van der Waals surface area contributed by atoms with Gasteiger partial charge in [-0.15, -0.1) is 11.3 Å². The second-order valence-electron chi connectivity index (χ2n) is 3.91. The monoisotopic (exact) mass is 260 g/mol. The first-order chi connectivity index (χ1) is 8.58. The van der Waals surface area contributed by atoms with Crippen molar-refractivity contribution in [1.29, 1.82) is 0 Å². The number of hydrogen-bond acceptors (Lipinski definition) is 5. The molecule has 0 aliphatic rings. The molecule has 18 heavy (non-hydrogen) atoms. The van der Waals surface area contributed by atoms with Gasteiger partial charge in [0, 0.05) is 18.0 Å². The summed E-state index contributed by atoms with van der Waals surface area (Å²) in [6, 6.07) is 3.34. The summed E-state index contributed by atoms with van der Waals surface area (Å²) in [5.41, 5.74) is 1.16. The van der Waals surface area contributed by atoms with Crippen LogP contribution in [0.4, 0.5) is 0 Å². The summed E-state index contributed by atoms with van der Waals surface area (Å²) in [5, 5.41) is 0.838. The summed E-state index contributed by atoms with van der Waals surface area (Å²) in [7, 11) is 0. The second-order valence-corrected chi connectivity index (χ2v) is 5.12. The molecule has 92 valence electrons. The molecule has 0 radical (unpaired) electrons. The van der Waals surface area contributed by atoms with E-state index in [-0.39, 0.29) is 18.0 Å². The van der Waals surface area contributed by atoms with Gasteiger partial charge in [-0.05, 0) is 26.0 Å². The van der Waals surface area contributed by atoms with E-state index in [2.05, 4.69) is 9.97 Å². The topological polar surface area (TPSA) is 59.9 Å². The smallest absolute Gasteiger partial charge is 0.182 e. The van der Waals surface area contributed by atoms with E-state index in [0.29, 0.717) is 16.1 Å². The second kappa shape index (κ2) is 5.18. The molecule has 0 fully saturated rings. The molecule has 0 atom stereocenters. The number of ketones is 2. The Labute approximate surface area is 109 Å². The third-order valence-corrected chi connectivity index (χ3v) is 3.58. The minimum absolute atomic E-state index is 0.131. The molecule has 2 aromatic rings. The molecule has 0 N–H and O–H groups in total. The molecule has 0 saturated heterocycles. The summed E-state index contributed by atoms with van der Waals surface area (Å²) in [5.74, 6) is -0.384. The van der Waals surface area contributed by atoms with E-state index >= 15 is 0 Å². The van der Waals surface area contributed by atoms with E-state index in [0.717, 1.165) is 5.01 Å². The largest absolute Gasteiger partial charge is 0.294 e. The lowest BCUT2D eigenvalue weighted by molar-refractivity contribution is 0.0896. The standard InChI is InChI=1S/C13H12N2O2S/c1-8-13(18-9(2)15-8)12(17)6-11(16)10-4-3-5-14-7-10/h3-5,7H,6H2,1-2H3. The molecule has 2 heterocycles. The Morgan fingerprint density at radius 2 is 2.06 bits per heavy atom. The van der Waals surface area contributed by atoms with Crippen LogP contribution in [0, 0.1) is 13.8 Å². The number of Topliss-reactive ketones (excluding diaryl/α,β-unsaturated/α-hetero) is 2. The lowest BCUT2D eigenvalue weighted by Gasteiger charge is -1.99. The van der Waals surface area contributed by atoms with Gasteiger partial charge in [-0.3, -0.25) is 14.6 Å². The van der Waals surface area contributed by atoms with Crippen LogP contribution in [0.25, 0.3) is 0 Å². The third-order valence-electron chi connectivity index (χ3n) is 2.46. The van der Waals surface area contributed by atoms with Gasteiger partial charge in [-0.1, -0.05) is 0 Å². The lowest BCUT2D eigenvalue weighted by Crippen LogP contribution is -2.08. The molecule has 0 amide bonds. The number of aryl methyl sites for hydroxylation is 2. The quantitative estimate of drug-likeness (QED) is 0.626. The van der Waals surface area contributed by atoms with Gasteiger partial charge in [0.15, 0.2) is 11.6 Å². The Morgan fingerprint density at radius 3 is 2.61 bits per heavy atom. The van der Waals surface area contributed by atoms with Crippen molar-refractivity contribution in [2.24, 2.45) is 0 Å². The van der Waals surface area contributed by atoms with Crippen LogP contribution < -0.4 is 0 Å². The molecule has 2 aromatic heterocycles. The highest BCUT2D eigenvalue weighted by Gasteiger charge is 2.18. The number of thiazole rings is 1. The van der Waals surface area contributed by atoms with Crippen LogP contribution in [-0.2, 0) is 0 Å². The van der Waals surface area contributed by atoms with Crippen molar-refractivity contribution in [1.82, 2.24) is 9.97 Å². The summed E-state index contributed by atoms with van der Waals surface area (Å²) < 4.78 is 0. The van der Waals surface area contributed by atoms with E-state index in [4.69, 9.17) is 0 Å². The van der Waals surface area contributed by atoms with Crippen molar-refractivity contribution in [2.45, 2.75) is 20.3 Å². The van der Waals surface area contributed by atoms with Crippen LogP contribution in [0.1, 0.15) is 37.2 Å². The zero-order chi connectivity index (χ0) is 13.1. The Balaban J connectivity index is 2.13. The highest BCUT2D eigenvalue weighted by molar-refractivity contribution is 7.13. The molecule has 2 rings (SSSR count). The molecule has 0 aromatic carbocycles. The summed E-state index contributed by atoms with van der Waals surface area (Å²) in [6.07, 6.45) is 2.93. The maximum absolute atomic E-state index is 12.0. The third kappa shape index (κ3) is 2.68. The van der Waals surface area contributed by atoms with Crippen LogP contribution in [0.3, 0.4) is 0 Å². The molecular formula is C13H12N2O2S. The fraction of sp³-hybridized carbons (Fsp3) is 0.231. The maximum Gasteiger partial charge on any atom is 0.182 e. The van der Waals surface area contributed by atoms with E-state index in [1.807, 2.05) is 6.92 Å². The fourth-order valence-electron chi connectivity index (χ4n) is 1.65. The number of hydrogen-bond donors (Lipinski definition) is 0. The predicted molar refractivity (Wildman–Crippen MR) is 69.1 cm³/mol. The Morgan fingerprint density at radius 1 is 1.28 bits per heavy atom. The van der Waals surface area contributed by atoms with Crippen molar-refractivity contribution >= 4 is 22.9 Å². The van der Waals surface area contributed by atoms with Gasteiger partial charge in [0.25, 0.3) is 0 Å². The minimum atomic E-state index is -0.210. The molecular weight excluding hydrogens is 248 g/mol. The SMILES string of the molecule is Cc1nc(C)c(C(=O)CC(=O)c2cccnc2)s1. The first-order valence-corrected chi connectivity index (χ1v) is 6.30. The van der Waals surface area contributed by atoms with Crippen LogP contribution in [0.5, 0.6) is 0 Å². The highest BCUT2D eigenvalue weighted by atomic mass is 32.1. The normalized spacial score (nSPS) is 10.3. The van der Waals surface area contributed by atoms with Crippen molar-refractivity contribution in [3.63, 3.8) is 0 Å². The number of aromatic nitrogens is 2. The van der Waals surface area contributed by atoms with Gasteiger partial charge < -0.3 is 0 Å². The molecule has 5 heteroatoms. The zero-order valence-corrected chi connectivity index (χ0v) is 11.0. The number of rotatable bonds is 4. The number of pyridine rings is 1. The van der Waals surface area contributed by atoms with Gasteiger partial charge >= 0.3 is 0 Å². The van der Waals surface area contributed by atoms with Gasteiger partial charge in [0.2, 0.25) is 0 Å². The van der Waals surface area contributed by atoms with Gasteiger partial charge in [-0.2, -0.15) is 0 Å².